The van der Waals surface area contributed by atoms with Crippen LogP contribution in [0.2, 0.25) is 0 Å². The van der Waals surface area contributed by atoms with E-state index in [0.717, 1.165) is 21.3 Å². The minimum atomic E-state index is -0.303. The van der Waals surface area contributed by atoms with Crippen molar-refractivity contribution in [2.75, 3.05) is 6.54 Å². The Morgan fingerprint density at radius 2 is 1.83 bits per heavy atom. The quantitative estimate of drug-likeness (QED) is 0.387. The van der Waals surface area contributed by atoms with E-state index in [9.17, 15) is 9.59 Å². The van der Waals surface area contributed by atoms with Crippen molar-refractivity contribution in [2.24, 2.45) is 0 Å². The molecule has 3 N–H and O–H groups in total. The fraction of sp³-hybridized carbons (Fsp3) is 0.0909. The Hall–Kier alpha value is -3.16. The molecule has 0 saturated carbocycles. The van der Waals surface area contributed by atoms with E-state index in [0.29, 0.717) is 17.8 Å². The Morgan fingerprint density at radius 3 is 2.62 bits per heavy atom. The Balaban J connectivity index is 1.44. The SMILES string of the molecule is O=C(NCCc1c[nH]c2ccccc12)/C(=C/c1cccs1)NC(=O)c1cccs1. The number of hydrogen-bond acceptors (Lipinski definition) is 4. The van der Waals surface area contributed by atoms with E-state index in [-0.39, 0.29) is 17.5 Å². The first-order valence-electron chi connectivity index (χ1n) is 9.14. The summed E-state index contributed by atoms with van der Waals surface area (Å²) in [7, 11) is 0. The first-order valence-corrected chi connectivity index (χ1v) is 10.9. The van der Waals surface area contributed by atoms with Crippen molar-refractivity contribution in [3.63, 3.8) is 0 Å². The minimum Gasteiger partial charge on any atom is -0.361 e. The van der Waals surface area contributed by atoms with Crippen LogP contribution in [0, 0.1) is 0 Å². The Kier molecular flexibility index (Phi) is 5.88. The van der Waals surface area contributed by atoms with E-state index in [1.807, 2.05) is 53.4 Å². The maximum atomic E-state index is 12.8. The van der Waals surface area contributed by atoms with E-state index in [1.54, 1.807) is 12.1 Å². The monoisotopic (exact) mass is 421 g/mol. The number of fused-ring (bicyclic) bond motifs is 1. The van der Waals surface area contributed by atoms with Crippen LogP contribution in [0.15, 0.2) is 71.2 Å². The number of carbonyl (C=O) groups is 2. The highest BCUT2D eigenvalue weighted by atomic mass is 32.1. The van der Waals surface area contributed by atoms with Gasteiger partial charge >= 0.3 is 0 Å². The van der Waals surface area contributed by atoms with Crippen LogP contribution in [0.5, 0.6) is 0 Å². The van der Waals surface area contributed by atoms with Gasteiger partial charge in [-0.2, -0.15) is 0 Å². The summed E-state index contributed by atoms with van der Waals surface area (Å²) < 4.78 is 0. The molecule has 0 bridgehead atoms. The molecule has 7 heteroatoms. The van der Waals surface area contributed by atoms with Gasteiger partial charge in [0.2, 0.25) is 0 Å². The van der Waals surface area contributed by atoms with Gasteiger partial charge in [-0.3, -0.25) is 9.59 Å². The third-order valence-corrected chi connectivity index (χ3v) is 6.11. The number of H-pyrrole nitrogens is 1. The second-order valence-electron chi connectivity index (χ2n) is 6.37. The molecule has 4 rings (SSSR count). The summed E-state index contributed by atoms with van der Waals surface area (Å²) in [6, 6.07) is 15.4. The van der Waals surface area contributed by atoms with E-state index < -0.39 is 0 Å². The van der Waals surface area contributed by atoms with E-state index >= 15 is 0 Å². The molecule has 146 valence electrons. The number of nitrogens with one attached hydrogen (secondary N) is 3. The van der Waals surface area contributed by atoms with Crippen LogP contribution in [0.1, 0.15) is 20.1 Å². The summed E-state index contributed by atoms with van der Waals surface area (Å²) in [5.74, 6) is -0.585. The number of aromatic nitrogens is 1. The maximum Gasteiger partial charge on any atom is 0.267 e. The van der Waals surface area contributed by atoms with Gasteiger partial charge in [0.15, 0.2) is 0 Å². The predicted octanol–water partition coefficient (Wildman–Crippen LogP) is 4.42. The van der Waals surface area contributed by atoms with Gasteiger partial charge in [0.05, 0.1) is 4.88 Å². The van der Waals surface area contributed by atoms with Crippen LogP contribution < -0.4 is 10.6 Å². The maximum absolute atomic E-state index is 12.8. The zero-order valence-electron chi connectivity index (χ0n) is 15.5. The summed E-state index contributed by atoms with van der Waals surface area (Å²) in [5, 5.41) is 10.6. The lowest BCUT2D eigenvalue weighted by Crippen LogP contribution is -2.35. The van der Waals surface area contributed by atoms with Crippen molar-refractivity contribution in [3.05, 3.63) is 86.5 Å². The van der Waals surface area contributed by atoms with E-state index in [4.69, 9.17) is 0 Å². The molecule has 1 aromatic carbocycles. The van der Waals surface area contributed by atoms with Crippen molar-refractivity contribution >= 4 is 51.5 Å². The van der Waals surface area contributed by atoms with Gasteiger partial charge in [0.1, 0.15) is 5.70 Å². The zero-order valence-corrected chi connectivity index (χ0v) is 17.1. The first kappa shape index (κ1) is 19.2. The molecule has 4 aromatic rings. The number of benzene rings is 1. The van der Waals surface area contributed by atoms with Gasteiger partial charge in [-0.05, 0) is 47.0 Å². The molecular formula is C22H19N3O2S2. The van der Waals surface area contributed by atoms with E-state index in [2.05, 4.69) is 21.7 Å². The third-order valence-electron chi connectivity index (χ3n) is 4.42. The molecule has 0 spiro atoms. The second-order valence-corrected chi connectivity index (χ2v) is 8.30. The topological polar surface area (TPSA) is 74.0 Å². The van der Waals surface area contributed by atoms with E-state index in [1.165, 1.54) is 22.7 Å². The van der Waals surface area contributed by atoms with Crippen LogP contribution in [0.25, 0.3) is 17.0 Å². The Morgan fingerprint density at radius 1 is 1.00 bits per heavy atom. The highest BCUT2D eigenvalue weighted by Crippen LogP contribution is 2.18. The molecule has 3 aromatic heterocycles. The molecule has 2 amide bonds. The molecule has 0 aliphatic carbocycles. The van der Waals surface area contributed by atoms with Crippen molar-refractivity contribution in [2.45, 2.75) is 6.42 Å². The molecule has 0 atom stereocenters. The highest BCUT2D eigenvalue weighted by Gasteiger charge is 2.15. The summed E-state index contributed by atoms with van der Waals surface area (Å²) in [6.45, 7) is 0.470. The van der Waals surface area contributed by atoms with Gasteiger partial charge < -0.3 is 15.6 Å². The van der Waals surface area contributed by atoms with Crippen molar-refractivity contribution in [1.82, 2.24) is 15.6 Å². The fourth-order valence-corrected chi connectivity index (χ4v) is 4.29. The fourth-order valence-electron chi connectivity index (χ4n) is 3.01. The predicted molar refractivity (Wildman–Crippen MR) is 119 cm³/mol. The molecule has 0 unspecified atom stereocenters. The molecular weight excluding hydrogens is 402 g/mol. The largest absolute Gasteiger partial charge is 0.361 e. The first-order chi connectivity index (χ1) is 14.2. The lowest BCUT2D eigenvalue weighted by atomic mass is 10.1. The lowest BCUT2D eigenvalue weighted by Gasteiger charge is -2.10. The number of thiophene rings is 2. The smallest absolute Gasteiger partial charge is 0.267 e. The standard InChI is InChI=1S/C22H19N3O2S2/c26-21(23-10-9-15-14-24-18-7-2-1-6-17(15)18)19(13-16-5-3-11-28-16)25-22(27)20-8-4-12-29-20/h1-8,11-14,24H,9-10H2,(H,23,26)(H,25,27)/b19-13-. The molecule has 0 fully saturated rings. The number of aromatic amines is 1. The molecule has 3 heterocycles. The molecule has 5 nitrogen and oxygen atoms in total. The summed E-state index contributed by atoms with van der Waals surface area (Å²) in [4.78, 5) is 29.9. The molecule has 0 saturated heterocycles. The Bertz CT molecular complexity index is 1140. The number of rotatable bonds is 7. The van der Waals surface area contributed by atoms with Gasteiger partial charge in [-0.1, -0.05) is 30.3 Å². The number of carbonyl (C=O) groups excluding carboxylic acids is 2. The second kappa shape index (κ2) is 8.89. The molecule has 0 aliphatic rings. The van der Waals surface area contributed by atoms with Crippen molar-refractivity contribution in [3.8, 4) is 0 Å². The highest BCUT2D eigenvalue weighted by molar-refractivity contribution is 7.12. The van der Waals surface area contributed by atoms with Crippen LogP contribution in [0.3, 0.4) is 0 Å². The number of para-hydroxylation sites is 1. The molecule has 0 aliphatic heterocycles. The van der Waals surface area contributed by atoms with Crippen LogP contribution in [-0.2, 0) is 11.2 Å². The zero-order chi connectivity index (χ0) is 20.1. The third kappa shape index (κ3) is 4.64. The summed E-state index contributed by atoms with van der Waals surface area (Å²) in [5.41, 5.74) is 2.47. The number of amides is 2. The van der Waals surface area contributed by atoms with Crippen molar-refractivity contribution in [1.29, 1.82) is 0 Å². The van der Waals surface area contributed by atoms with Crippen LogP contribution >= 0.6 is 22.7 Å². The van der Waals surface area contributed by atoms with Gasteiger partial charge in [0, 0.05) is 28.5 Å². The van der Waals surface area contributed by atoms with Gasteiger partial charge in [-0.15, -0.1) is 22.7 Å². The summed E-state index contributed by atoms with van der Waals surface area (Å²) in [6.07, 6.45) is 4.37. The molecule has 0 radical (unpaired) electrons. The van der Waals surface area contributed by atoms with Crippen LogP contribution in [-0.4, -0.2) is 23.3 Å². The van der Waals surface area contributed by atoms with Crippen molar-refractivity contribution < 1.29 is 9.59 Å². The average molecular weight is 422 g/mol. The molecule has 29 heavy (non-hydrogen) atoms. The normalized spacial score (nSPS) is 11.5. The van der Waals surface area contributed by atoms with Crippen LogP contribution in [0.4, 0.5) is 0 Å². The number of hydrogen-bond donors (Lipinski definition) is 3. The minimum absolute atomic E-state index is 0.241. The summed E-state index contributed by atoms with van der Waals surface area (Å²) >= 11 is 2.85. The van der Waals surface area contributed by atoms with Gasteiger partial charge in [-0.25, -0.2) is 0 Å². The average Bonchev–Trinajstić information content (AvgIpc) is 3.49. The lowest BCUT2D eigenvalue weighted by molar-refractivity contribution is -0.117. The van der Waals surface area contributed by atoms with Gasteiger partial charge in [0.25, 0.3) is 11.8 Å². The Labute approximate surface area is 176 Å².